The SMILES string of the molecule is CCOc1ccc(C2=C(Nc3ccc(C)cc3C)C(=O)N(c3ccc(C)cc3)C2=O)cc1. The van der Waals surface area contributed by atoms with Crippen molar-refractivity contribution < 1.29 is 14.3 Å². The van der Waals surface area contributed by atoms with Crippen LogP contribution in [0, 0.1) is 20.8 Å². The molecular weight excluding hydrogens is 400 g/mol. The van der Waals surface area contributed by atoms with Crippen LogP contribution in [-0.2, 0) is 9.59 Å². The molecule has 0 unspecified atom stereocenters. The molecule has 0 spiro atoms. The number of hydrogen-bond acceptors (Lipinski definition) is 4. The number of imide groups is 1. The zero-order valence-electron chi connectivity index (χ0n) is 18.7. The topological polar surface area (TPSA) is 58.6 Å². The predicted octanol–water partition coefficient (Wildman–Crippen LogP) is 5.41. The molecule has 1 N–H and O–H groups in total. The fraction of sp³-hybridized carbons (Fsp3) is 0.185. The summed E-state index contributed by atoms with van der Waals surface area (Å²) in [5.74, 6) is -0.00843. The first-order valence-electron chi connectivity index (χ1n) is 10.7. The lowest BCUT2D eigenvalue weighted by Crippen LogP contribution is -2.32. The molecular formula is C27H26N2O3. The molecule has 0 bridgehead atoms. The highest BCUT2D eigenvalue weighted by Crippen LogP contribution is 2.35. The minimum Gasteiger partial charge on any atom is -0.494 e. The van der Waals surface area contributed by atoms with Gasteiger partial charge in [0.25, 0.3) is 11.8 Å². The van der Waals surface area contributed by atoms with E-state index in [4.69, 9.17) is 4.74 Å². The zero-order valence-corrected chi connectivity index (χ0v) is 18.7. The first-order chi connectivity index (χ1) is 15.4. The van der Waals surface area contributed by atoms with E-state index in [-0.39, 0.29) is 17.5 Å². The highest BCUT2D eigenvalue weighted by molar-refractivity contribution is 6.46. The molecule has 1 heterocycles. The van der Waals surface area contributed by atoms with Crippen molar-refractivity contribution in [2.24, 2.45) is 0 Å². The number of benzene rings is 3. The maximum absolute atomic E-state index is 13.5. The summed E-state index contributed by atoms with van der Waals surface area (Å²) in [5.41, 5.74) is 5.80. The van der Waals surface area contributed by atoms with Crippen molar-refractivity contribution in [3.63, 3.8) is 0 Å². The Morgan fingerprint density at radius 3 is 2.09 bits per heavy atom. The predicted molar refractivity (Wildman–Crippen MR) is 128 cm³/mol. The minimum absolute atomic E-state index is 0.270. The Kier molecular flexibility index (Phi) is 5.82. The highest BCUT2D eigenvalue weighted by atomic mass is 16.5. The molecule has 0 fully saturated rings. The standard InChI is InChI=1S/C27H26N2O3/c1-5-32-22-13-9-20(10-14-22)24-25(28-23-15-8-18(3)16-19(23)4)27(31)29(26(24)30)21-11-6-17(2)7-12-21/h6-16,28H,5H2,1-4H3. The molecule has 162 valence electrons. The van der Waals surface area contributed by atoms with Crippen molar-refractivity contribution in [1.29, 1.82) is 0 Å². The fourth-order valence-electron chi connectivity index (χ4n) is 3.81. The van der Waals surface area contributed by atoms with E-state index < -0.39 is 0 Å². The summed E-state index contributed by atoms with van der Waals surface area (Å²) < 4.78 is 5.53. The maximum atomic E-state index is 13.5. The quantitative estimate of drug-likeness (QED) is 0.536. The van der Waals surface area contributed by atoms with E-state index in [1.165, 1.54) is 4.90 Å². The lowest BCUT2D eigenvalue weighted by Gasteiger charge is -2.16. The largest absolute Gasteiger partial charge is 0.494 e. The van der Waals surface area contributed by atoms with Crippen molar-refractivity contribution in [3.8, 4) is 5.75 Å². The van der Waals surface area contributed by atoms with Gasteiger partial charge in [-0.2, -0.15) is 0 Å². The monoisotopic (exact) mass is 426 g/mol. The van der Waals surface area contributed by atoms with E-state index in [2.05, 4.69) is 5.32 Å². The average Bonchev–Trinajstić information content (AvgIpc) is 3.01. The van der Waals surface area contributed by atoms with Gasteiger partial charge in [-0.25, -0.2) is 4.90 Å². The molecule has 0 aliphatic carbocycles. The normalized spacial score (nSPS) is 13.7. The van der Waals surface area contributed by atoms with Crippen LogP contribution in [0.4, 0.5) is 11.4 Å². The van der Waals surface area contributed by atoms with Crippen molar-refractivity contribution in [2.45, 2.75) is 27.7 Å². The third-order valence-electron chi connectivity index (χ3n) is 5.47. The van der Waals surface area contributed by atoms with Gasteiger partial charge in [-0.1, -0.05) is 47.5 Å². The molecule has 2 amide bonds. The zero-order chi connectivity index (χ0) is 22.8. The molecule has 3 aromatic rings. The Labute approximate surface area is 188 Å². The lowest BCUT2D eigenvalue weighted by atomic mass is 10.0. The highest BCUT2D eigenvalue weighted by Gasteiger charge is 2.40. The van der Waals surface area contributed by atoms with Gasteiger partial charge in [0, 0.05) is 5.69 Å². The van der Waals surface area contributed by atoms with Crippen LogP contribution in [0.5, 0.6) is 5.75 Å². The molecule has 5 nitrogen and oxygen atoms in total. The molecule has 0 radical (unpaired) electrons. The molecule has 1 aliphatic rings. The Morgan fingerprint density at radius 2 is 1.47 bits per heavy atom. The van der Waals surface area contributed by atoms with Gasteiger partial charge in [-0.15, -0.1) is 0 Å². The van der Waals surface area contributed by atoms with Crippen molar-refractivity contribution in [3.05, 3.63) is 94.7 Å². The number of carbonyl (C=O) groups excluding carboxylic acids is 2. The van der Waals surface area contributed by atoms with E-state index in [1.807, 2.05) is 82.3 Å². The summed E-state index contributed by atoms with van der Waals surface area (Å²) in [7, 11) is 0. The van der Waals surface area contributed by atoms with Crippen molar-refractivity contribution >= 4 is 28.8 Å². The van der Waals surface area contributed by atoms with Gasteiger partial charge in [-0.05, 0) is 69.2 Å². The molecule has 1 aliphatic heterocycles. The average molecular weight is 427 g/mol. The first-order valence-corrected chi connectivity index (χ1v) is 10.7. The molecule has 5 heteroatoms. The van der Waals surface area contributed by atoms with Gasteiger partial charge < -0.3 is 10.1 Å². The van der Waals surface area contributed by atoms with Gasteiger partial charge in [-0.3, -0.25) is 9.59 Å². The number of nitrogens with zero attached hydrogens (tertiary/aromatic N) is 1. The van der Waals surface area contributed by atoms with E-state index in [0.717, 1.165) is 22.4 Å². The van der Waals surface area contributed by atoms with Crippen LogP contribution >= 0.6 is 0 Å². The van der Waals surface area contributed by atoms with Gasteiger partial charge in [0.2, 0.25) is 0 Å². The molecule has 0 aromatic heterocycles. The smallest absolute Gasteiger partial charge is 0.282 e. The summed E-state index contributed by atoms with van der Waals surface area (Å²) >= 11 is 0. The first kappa shape index (κ1) is 21.4. The number of anilines is 2. The van der Waals surface area contributed by atoms with Crippen molar-refractivity contribution in [2.75, 3.05) is 16.8 Å². The second-order valence-electron chi connectivity index (χ2n) is 7.93. The Balaban J connectivity index is 1.80. The van der Waals surface area contributed by atoms with Crippen LogP contribution in [0.25, 0.3) is 5.57 Å². The Bertz CT molecular complexity index is 1210. The maximum Gasteiger partial charge on any atom is 0.282 e. The number of nitrogens with one attached hydrogen (secondary N) is 1. The fourth-order valence-corrected chi connectivity index (χ4v) is 3.81. The Morgan fingerprint density at radius 1 is 0.812 bits per heavy atom. The number of carbonyl (C=O) groups is 2. The van der Waals surface area contributed by atoms with Crippen LogP contribution in [-0.4, -0.2) is 18.4 Å². The summed E-state index contributed by atoms with van der Waals surface area (Å²) in [6.45, 7) is 8.44. The number of hydrogen-bond donors (Lipinski definition) is 1. The van der Waals surface area contributed by atoms with E-state index in [0.29, 0.717) is 29.2 Å². The van der Waals surface area contributed by atoms with Gasteiger partial charge in [0.1, 0.15) is 11.4 Å². The second-order valence-corrected chi connectivity index (χ2v) is 7.93. The van der Waals surface area contributed by atoms with Gasteiger partial charge in [0.05, 0.1) is 17.9 Å². The minimum atomic E-state index is -0.372. The molecule has 3 aromatic carbocycles. The molecule has 4 rings (SSSR count). The van der Waals surface area contributed by atoms with E-state index in [1.54, 1.807) is 12.1 Å². The summed E-state index contributed by atoms with van der Waals surface area (Å²) in [6, 6.07) is 20.6. The van der Waals surface area contributed by atoms with Crippen LogP contribution < -0.4 is 15.0 Å². The van der Waals surface area contributed by atoms with Gasteiger partial charge in [0.15, 0.2) is 0 Å². The van der Waals surface area contributed by atoms with Crippen LogP contribution in [0.2, 0.25) is 0 Å². The molecule has 32 heavy (non-hydrogen) atoms. The summed E-state index contributed by atoms with van der Waals surface area (Å²) in [6.07, 6.45) is 0. The molecule has 0 atom stereocenters. The lowest BCUT2D eigenvalue weighted by molar-refractivity contribution is -0.120. The molecule has 0 saturated heterocycles. The second kappa shape index (κ2) is 8.71. The number of amides is 2. The third-order valence-corrected chi connectivity index (χ3v) is 5.47. The van der Waals surface area contributed by atoms with E-state index >= 15 is 0 Å². The summed E-state index contributed by atoms with van der Waals surface area (Å²) in [5, 5.41) is 3.25. The van der Waals surface area contributed by atoms with Crippen LogP contribution in [0.1, 0.15) is 29.2 Å². The third kappa shape index (κ3) is 4.02. The molecule has 0 saturated carbocycles. The van der Waals surface area contributed by atoms with Crippen LogP contribution in [0.3, 0.4) is 0 Å². The Hall–Kier alpha value is -3.86. The number of ether oxygens (including phenoxy) is 1. The number of aryl methyl sites for hydroxylation is 3. The van der Waals surface area contributed by atoms with Crippen LogP contribution in [0.15, 0.2) is 72.4 Å². The number of rotatable bonds is 6. The van der Waals surface area contributed by atoms with E-state index in [9.17, 15) is 9.59 Å². The van der Waals surface area contributed by atoms with Crippen molar-refractivity contribution in [1.82, 2.24) is 0 Å². The van der Waals surface area contributed by atoms with Gasteiger partial charge >= 0.3 is 0 Å². The summed E-state index contributed by atoms with van der Waals surface area (Å²) in [4.78, 5) is 28.3.